The van der Waals surface area contributed by atoms with Gasteiger partial charge < -0.3 is 14.6 Å². The minimum atomic E-state index is -0.826. The molecular weight excluding hydrogens is 362 g/mol. The van der Waals surface area contributed by atoms with E-state index in [2.05, 4.69) is 5.32 Å². The summed E-state index contributed by atoms with van der Waals surface area (Å²) in [6, 6.07) is 12.5. The molecule has 2 aromatic carbocycles. The molecule has 2 aromatic rings. The number of ether oxygens (including phenoxy) is 2. The van der Waals surface area contributed by atoms with Crippen LogP contribution in [-0.2, 0) is 11.4 Å². The van der Waals surface area contributed by atoms with Gasteiger partial charge in [0.1, 0.15) is 24.1 Å². The third kappa shape index (κ3) is 4.39. The Morgan fingerprint density at radius 1 is 1.36 bits per heavy atom. The van der Waals surface area contributed by atoms with Crippen LogP contribution in [0.4, 0.5) is 0 Å². The lowest BCUT2D eigenvalue weighted by Crippen LogP contribution is -2.33. The Morgan fingerprint density at radius 3 is 2.88 bits per heavy atom. The van der Waals surface area contributed by atoms with Gasteiger partial charge in [-0.1, -0.05) is 23.7 Å². The maximum absolute atomic E-state index is 11.1. The molecule has 2 atom stereocenters. The molecule has 0 spiro atoms. The van der Waals surface area contributed by atoms with Crippen LogP contribution < -0.4 is 14.8 Å². The predicted molar refractivity (Wildman–Crippen MR) is 98.5 cm³/mol. The van der Waals surface area contributed by atoms with E-state index in [4.69, 9.17) is 26.2 Å². The molecule has 1 saturated heterocycles. The largest absolute Gasteiger partial charge is 0.496 e. The summed E-state index contributed by atoms with van der Waals surface area (Å²) in [6.45, 7) is 0.330. The molecular formula is C18H18ClNO4S. The van der Waals surface area contributed by atoms with Gasteiger partial charge in [0.05, 0.1) is 12.5 Å². The van der Waals surface area contributed by atoms with Crippen LogP contribution in [-0.4, -0.2) is 30.0 Å². The first kappa shape index (κ1) is 17.9. The van der Waals surface area contributed by atoms with Crippen LogP contribution in [0.15, 0.2) is 42.5 Å². The van der Waals surface area contributed by atoms with Crippen molar-refractivity contribution in [3.05, 3.63) is 58.6 Å². The van der Waals surface area contributed by atoms with Gasteiger partial charge in [0, 0.05) is 16.3 Å². The molecule has 0 saturated carbocycles. The van der Waals surface area contributed by atoms with Crippen LogP contribution in [0.5, 0.6) is 11.5 Å². The summed E-state index contributed by atoms with van der Waals surface area (Å²) in [7, 11) is 1.61. The highest BCUT2D eigenvalue weighted by atomic mass is 35.5. The van der Waals surface area contributed by atoms with Crippen LogP contribution in [0.1, 0.15) is 16.5 Å². The van der Waals surface area contributed by atoms with Gasteiger partial charge in [-0.2, -0.15) is 0 Å². The summed E-state index contributed by atoms with van der Waals surface area (Å²) in [5, 5.41) is 12.8. The van der Waals surface area contributed by atoms with Gasteiger partial charge in [0.25, 0.3) is 0 Å². The van der Waals surface area contributed by atoms with Gasteiger partial charge in [-0.25, -0.2) is 0 Å². The topological polar surface area (TPSA) is 67.8 Å². The van der Waals surface area contributed by atoms with E-state index >= 15 is 0 Å². The number of hydrogen-bond donors (Lipinski definition) is 2. The second-order valence-electron chi connectivity index (χ2n) is 5.59. The molecule has 5 nitrogen and oxygen atoms in total. The van der Waals surface area contributed by atoms with E-state index in [-0.39, 0.29) is 5.37 Å². The molecule has 2 N–H and O–H groups in total. The van der Waals surface area contributed by atoms with Crippen molar-refractivity contribution in [1.29, 1.82) is 0 Å². The molecule has 0 aliphatic carbocycles. The van der Waals surface area contributed by atoms with Crippen molar-refractivity contribution >= 4 is 29.3 Å². The van der Waals surface area contributed by atoms with Crippen molar-refractivity contribution in [1.82, 2.24) is 5.32 Å². The normalized spacial score (nSPS) is 19.6. The predicted octanol–water partition coefficient (Wildman–Crippen LogP) is 3.72. The van der Waals surface area contributed by atoms with E-state index in [0.717, 1.165) is 16.9 Å². The molecule has 0 unspecified atom stereocenters. The number of thioether (sulfide) groups is 1. The molecule has 25 heavy (non-hydrogen) atoms. The smallest absolute Gasteiger partial charge is 0.321 e. The van der Waals surface area contributed by atoms with Crippen LogP contribution in [0, 0.1) is 0 Å². The van der Waals surface area contributed by atoms with E-state index < -0.39 is 12.0 Å². The molecule has 1 aliphatic heterocycles. The third-order valence-corrected chi connectivity index (χ3v) is 5.38. The first-order valence-electron chi connectivity index (χ1n) is 7.72. The number of aliphatic carboxylic acids is 1. The Hall–Kier alpha value is -1.89. The number of nitrogens with one attached hydrogen (secondary N) is 1. The lowest BCUT2D eigenvalue weighted by atomic mass is 10.1. The highest BCUT2D eigenvalue weighted by Gasteiger charge is 2.30. The summed E-state index contributed by atoms with van der Waals surface area (Å²) in [5.41, 5.74) is 1.89. The van der Waals surface area contributed by atoms with Gasteiger partial charge in [-0.05, 0) is 35.9 Å². The fourth-order valence-corrected chi connectivity index (χ4v) is 4.00. The molecule has 0 radical (unpaired) electrons. The molecule has 0 aromatic heterocycles. The summed E-state index contributed by atoms with van der Waals surface area (Å²) in [5.74, 6) is 1.12. The van der Waals surface area contributed by atoms with Crippen LogP contribution in [0.3, 0.4) is 0 Å². The quantitative estimate of drug-likeness (QED) is 0.797. The van der Waals surface area contributed by atoms with Crippen LogP contribution >= 0.6 is 23.4 Å². The number of rotatable bonds is 6. The second-order valence-corrected chi connectivity index (χ2v) is 7.16. The van der Waals surface area contributed by atoms with Crippen LogP contribution in [0.25, 0.3) is 0 Å². The Balaban J connectivity index is 1.75. The highest BCUT2D eigenvalue weighted by molar-refractivity contribution is 7.99. The van der Waals surface area contributed by atoms with Crippen molar-refractivity contribution < 1.29 is 19.4 Å². The maximum atomic E-state index is 11.1. The van der Waals surface area contributed by atoms with Crippen molar-refractivity contribution in [3.63, 3.8) is 0 Å². The number of benzene rings is 2. The summed E-state index contributed by atoms with van der Waals surface area (Å²) >= 11 is 7.55. The number of hydrogen-bond acceptors (Lipinski definition) is 5. The monoisotopic (exact) mass is 379 g/mol. The number of methoxy groups -OCH3 is 1. The third-order valence-electron chi connectivity index (χ3n) is 3.88. The van der Waals surface area contributed by atoms with Crippen molar-refractivity contribution in [3.8, 4) is 11.5 Å². The molecule has 1 fully saturated rings. The van der Waals surface area contributed by atoms with E-state index in [1.165, 1.54) is 0 Å². The molecule has 0 amide bonds. The lowest BCUT2D eigenvalue weighted by molar-refractivity contribution is -0.138. The van der Waals surface area contributed by atoms with E-state index in [9.17, 15) is 4.79 Å². The first-order chi connectivity index (χ1) is 12.1. The zero-order chi connectivity index (χ0) is 17.8. The van der Waals surface area contributed by atoms with Gasteiger partial charge >= 0.3 is 5.97 Å². The Kier molecular flexibility index (Phi) is 5.73. The zero-order valence-electron chi connectivity index (χ0n) is 13.6. The average Bonchev–Trinajstić information content (AvgIpc) is 3.10. The fourth-order valence-electron chi connectivity index (χ4n) is 2.60. The molecule has 1 aliphatic rings. The molecule has 7 heteroatoms. The van der Waals surface area contributed by atoms with E-state index in [1.807, 2.05) is 30.3 Å². The second kappa shape index (κ2) is 7.99. The minimum absolute atomic E-state index is 0.0584. The van der Waals surface area contributed by atoms with E-state index in [0.29, 0.717) is 23.1 Å². The van der Waals surface area contributed by atoms with E-state index in [1.54, 1.807) is 31.0 Å². The SMILES string of the molecule is COc1ccc([C@H]2N[C@H](C(=O)O)CS2)cc1COc1cccc(Cl)c1. The average molecular weight is 380 g/mol. The summed E-state index contributed by atoms with van der Waals surface area (Å²) < 4.78 is 11.2. The fraction of sp³-hybridized carbons (Fsp3) is 0.278. The number of carboxylic acid groups (broad SMARTS) is 1. The van der Waals surface area contributed by atoms with Gasteiger partial charge in [0.2, 0.25) is 0 Å². The Morgan fingerprint density at radius 2 is 2.20 bits per heavy atom. The van der Waals surface area contributed by atoms with Crippen molar-refractivity contribution in [2.24, 2.45) is 0 Å². The molecule has 1 heterocycles. The van der Waals surface area contributed by atoms with Gasteiger partial charge in [-0.15, -0.1) is 11.8 Å². The number of halogens is 1. The molecule has 132 valence electrons. The molecule has 3 rings (SSSR count). The maximum Gasteiger partial charge on any atom is 0.321 e. The minimum Gasteiger partial charge on any atom is -0.496 e. The van der Waals surface area contributed by atoms with Crippen LogP contribution in [0.2, 0.25) is 5.02 Å². The summed E-state index contributed by atoms with van der Waals surface area (Å²) in [6.07, 6.45) is 0. The highest BCUT2D eigenvalue weighted by Crippen LogP contribution is 2.35. The Labute approximate surface area is 155 Å². The number of carboxylic acids is 1. The number of carbonyl (C=O) groups is 1. The van der Waals surface area contributed by atoms with Crippen molar-refractivity contribution in [2.45, 2.75) is 18.0 Å². The van der Waals surface area contributed by atoms with Gasteiger partial charge in [-0.3, -0.25) is 10.1 Å². The Bertz CT molecular complexity index is 770. The van der Waals surface area contributed by atoms with Gasteiger partial charge in [0.15, 0.2) is 0 Å². The standard InChI is InChI=1S/C18H18ClNO4S/c1-23-16-6-5-11(17-20-15(10-25-17)18(21)22)7-12(16)9-24-14-4-2-3-13(19)8-14/h2-8,15,17,20H,9-10H2,1H3,(H,21,22)/t15-,17-/m0/s1. The zero-order valence-corrected chi connectivity index (χ0v) is 15.1. The van der Waals surface area contributed by atoms with Crippen molar-refractivity contribution in [2.75, 3.05) is 12.9 Å². The first-order valence-corrected chi connectivity index (χ1v) is 9.15. The molecule has 0 bridgehead atoms. The summed E-state index contributed by atoms with van der Waals surface area (Å²) in [4.78, 5) is 11.1. The lowest BCUT2D eigenvalue weighted by Gasteiger charge is -2.16.